The average molecular weight is 544 g/mol. The Hall–Kier alpha value is -2.30. The van der Waals surface area contributed by atoms with Crippen LogP contribution in [0.5, 0.6) is 0 Å². The van der Waals surface area contributed by atoms with E-state index in [-0.39, 0.29) is 6.42 Å². The molecule has 2 N–H and O–H groups in total. The number of allylic oxidation sites excluding steroid dienone is 2. The summed E-state index contributed by atoms with van der Waals surface area (Å²) in [6.45, 7) is 9.55. The van der Waals surface area contributed by atoms with Crippen LogP contribution in [0.15, 0.2) is 34.8 Å². The van der Waals surface area contributed by atoms with Crippen molar-refractivity contribution in [3.63, 3.8) is 0 Å². The molecule has 1 aromatic heterocycles. The molecule has 0 aliphatic carbocycles. The Morgan fingerprint density at radius 3 is 2.46 bits per heavy atom. The van der Waals surface area contributed by atoms with Crippen LogP contribution in [0, 0.1) is 24.2 Å². The molecule has 2 heterocycles. The van der Waals surface area contributed by atoms with Gasteiger partial charge in [0.05, 0.1) is 34.7 Å². The smallest absolute Gasteiger partial charge is 0.412 e. The molecule has 6 nitrogen and oxygen atoms in total. The molecule has 0 amide bonds. The lowest BCUT2D eigenvalue weighted by atomic mass is 9.73. The van der Waals surface area contributed by atoms with Crippen LogP contribution in [0.3, 0.4) is 0 Å². The number of thiazole rings is 1. The van der Waals surface area contributed by atoms with Crippen LogP contribution in [-0.4, -0.2) is 51.4 Å². The number of hydrogen-bond acceptors (Lipinski definition) is 7. The van der Waals surface area contributed by atoms with Crippen molar-refractivity contribution in [2.24, 2.45) is 17.3 Å². The largest absolute Gasteiger partial charge is 0.457 e. The Bertz CT molecular complexity index is 1060. The molecule has 5 atom stereocenters. The number of esters is 1. The molecule has 0 radical (unpaired) electrons. The number of aliphatic hydroxyl groups is 2. The molecule has 2 rings (SSSR count). The van der Waals surface area contributed by atoms with Gasteiger partial charge < -0.3 is 14.9 Å². The third-order valence-electron chi connectivity index (χ3n) is 6.81. The second-order valence-corrected chi connectivity index (χ2v) is 11.3. The van der Waals surface area contributed by atoms with Gasteiger partial charge in [-0.15, -0.1) is 11.3 Å². The highest BCUT2D eigenvalue weighted by Gasteiger charge is 2.42. The van der Waals surface area contributed by atoms with E-state index in [1.165, 1.54) is 44.3 Å². The molecule has 1 aliphatic rings. The lowest BCUT2D eigenvalue weighted by molar-refractivity contribution is -0.154. The molecular formula is C27H36F3NO5S. The van der Waals surface area contributed by atoms with Gasteiger partial charge in [-0.3, -0.25) is 9.59 Å². The molecular weight excluding hydrogens is 507 g/mol. The Kier molecular flexibility index (Phi) is 10.4. The third kappa shape index (κ3) is 8.35. The summed E-state index contributed by atoms with van der Waals surface area (Å²) in [5.41, 5.74) is -1.11. The van der Waals surface area contributed by atoms with E-state index in [1.54, 1.807) is 25.3 Å². The van der Waals surface area contributed by atoms with Gasteiger partial charge in [0, 0.05) is 29.2 Å². The van der Waals surface area contributed by atoms with Crippen molar-refractivity contribution < 1.29 is 37.7 Å². The molecule has 37 heavy (non-hydrogen) atoms. The first-order valence-corrected chi connectivity index (χ1v) is 13.0. The normalized spacial score (nSPS) is 31.4. The Morgan fingerprint density at radius 1 is 1.24 bits per heavy atom. The predicted octanol–water partition coefficient (Wildman–Crippen LogP) is 5.58. The highest BCUT2D eigenvalue weighted by Crippen LogP contribution is 2.33. The van der Waals surface area contributed by atoms with Crippen molar-refractivity contribution in [1.82, 2.24) is 4.98 Å². The molecule has 0 fully saturated rings. The molecule has 10 heteroatoms. The number of ketones is 1. The summed E-state index contributed by atoms with van der Waals surface area (Å²) in [6.07, 6.45) is -4.04. The van der Waals surface area contributed by atoms with Crippen LogP contribution in [0.25, 0.3) is 6.08 Å². The number of halogens is 3. The summed E-state index contributed by atoms with van der Waals surface area (Å²) < 4.78 is 46.8. The van der Waals surface area contributed by atoms with Crippen molar-refractivity contribution in [2.75, 3.05) is 0 Å². The Labute approximate surface area is 219 Å². The summed E-state index contributed by atoms with van der Waals surface area (Å²) in [6, 6.07) is 0. The molecule has 0 spiro atoms. The van der Waals surface area contributed by atoms with E-state index >= 15 is 0 Å². The number of rotatable bonds is 2. The number of alkyl halides is 3. The number of aryl methyl sites for hydroxylation is 1. The van der Waals surface area contributed by atoms with Crippen molar-refractivity contribution >= 4 is 29.2 Å². The number of aromatic nitrogens is 1. The quantitative estimate of drug-likeness (QED) is 0.373. The van der Waals surface area contributed by atoms with Crippen LogP contribution in [0.2, 0.25) is 0 Å². The number of Topliss-reactive ketones (excluding diaryl/α,β-unsaturated/α-hetero) is 1. The summed E-state index contributed by atoms with van der Waals surface area (Å²) in [7, 11) is 0. The fraction of sp³-hybridized carbons (Fsp3) is 0.593. The van der Waals surface area contributed by atoms with Gasteiger partial charge in [-0.1, -0.05) is 45.9 Å². The zero-order valence-corrected chi connectivity index (χ0v) is 22.8. The minimum absolute atomic E-state index is 0.243. The van der Waals surface area contributed by atoms with Crippen LogP contribution >= 0.6 is 11.3 Å². The van der Waals surface area contributed by atoms with E-state index < -0.39 is 71.9 Å². The fourth-order valence-electron chi connectivity index (χ4n) is 4.17. The van der Waals surface area contributed by atoms with Crippen LogP contribution in [0.4, 0.5) is 13.2 Å². The van der Waals surface area contributed by atoms with E-state index in [1.807, 2.05) is 6.92 Å². The summed E-state index contributed by atoms with van der Waals surface area (Å²) >= 11 is 1.41. The molecule has 0 saturated heterocycles. The van der Waals surface area contributed by atoms with Gasteiger partial charge in [-0.25, -0.2) is 4.98 Å². The second-order valence-electron chi connectivity index (χ2n) is 10.2. The van der Waals surface area contributed by atoms with E-state index in [2.05, 4.69) is 4.98 Å². The monoisotopic (exact) mass is 543 g/mol. The lowest BCUT2D eigenvalue weighted by Gasteiger charge is -2.34. The highest BCUT2D eigenvalue weighted by atomic mass is 32.1. The van der Waals surface area contributed by atoms with Gasteiger partial charge >= 0.3 is 12.1 Å². The number of carbonyl (C=O) groups excluding carboxylic acids is 2. The number of aliphatic hydroxyl groups excluding tert-OH is 2. The summed E-state index contributed by atoms with van der Waals surface area (Å²) in [5, 5.41) is 24.0. The first-order valence-electron chi connectivity index (χ1n) is 12.2. The summed E-state index contributed by atoms with van der Waals surface area (Å²) in [4.78, 5) is 30.2. The minimum atomic E-state index is -4.61. The standard InChI is InChI=1S/C27H36F3NO5S/c1-15-8-7-9-19(27(28,29)30)10-11-21(16(2)12-20-14-37-18(4)31-20)36-23(33)13-22(32)26(5,6)25(35)17(3)24(15)34/h7-8,10,12,14-15,17,21-22,24,32,34H,9,11,13H2,1-6H3/b8-7+,16-12-,19-10+/t15?,17-,21+,22+,24+/m1/s1. The maximum Gasteiger partial charge on any atom is 0.412 e. The second kappa shape index (κ2) is 12.5. The van der Waals surface area contributed by atoms with E-state index in [0.717, 1.165) is 11.1 Å². The first kappa shape index (κ1) is 30.9. The molecule has 0 aromatic carbocycles. The van der Waals surface area contributed by atoms with E-state index in [4.69, 9.17) is 4.74 Å². The minimum Gasteiger partial charge on any atom is -0.457 e. The van der Waals surface area contributed by atoms with Gasteiger partial charge in [-0.05, 0) is 31.9 Å². The van der Waals surface area contributed by atoms with Gasteiger partial charge in [-0.2, -0.15) is 13.2 Å². The SMILES string of the molecule is C/C(=C/c1csc(C)n1)[C@@H]1C/C=C(/C(F)(F)F)C/C=C/C(C)[C@H](O)[C@@H](C)C(=O)C(C)(C)[C@@H](O)CC(=O)O1. The number of ether oxygens (including phenoxy) is 1. The maximum absolute atomic E-state index is 13.8. The van der Waals surface area contributed by atoms with Crippen LogP contribution < -0.4 is 0 Å². The molecule has 206 valence electrons. The highest BCUT2D eigenvalue weighted by molar-refractivity contribution is 7.09. The predicted molar refractivity (Wildman–Crippen MR) is 137 cm³/mol. The Morgan fingerprint density at radius 2 is 1.89 bits per heavy atom. The molecule has 0 saturated carbocycles. The zero-order chi connectivity index (χ0) is 28.1. The average Bonchev–Trinajstić information content (AvgIpc) is 3.21. The van der Waals surface area contributed by atoms with Gasteiger partial charge in [0.1, 0.15) is 11.9 Å². The molecule has 1 aromatic rings. The number of hydrogen-bond donors (Lipinski definition) is 2. The lowest BCUT2D eigenvalue weighted by Crippen LogP contribution is -2.45. The van der Waals surface area contributed by atoms with Crippen LogP contribution in [-0.2, 0) is 14.3 Å². The van der Waals surface area contributed by atoms with Gasteiger partial charge in [0.25, 0.3) is 0 Å². The molecule has 1 aliphatic heterocycles. The maximum atomic E-state index is 13.8. The van der Waals surface area contributed by atoms with E-state index in [9.17, 15) is 33.0 Å². The number of cyclic esters (lactones) is 1. The number of nitrogens with zero attached hydrogens (tertiary/aromatic N) is 1. The van der Waals surface area contributed by atoms with Crippen molar-refractivity contribution in [1.29, 1.82) is 0 Å². The van der Waals surface area contributed by atoms with E-state index in [0.29, 0.717) is 11.3 Å². The van der Waals surface area contributed by atoms with Gasteiger partial charge in [0.2, 0.25) is 0 Å². The van der Waals surface area contributed by atoms with Crippen molar-refractivity contribution in [3.05, 3.63) is 45.5 Å². The van der Waals surface area contributed by atoms with Crippen molar-refractivity contribution in [3.8, 4) is 0 Å². The van der Waals surface area contributed by atoms with Crippen molar-refractivity contribution in [2.45, 2.75) is 85.3 Å². The van der Waals surface area contributed by atoms with Gasteiger partial charge in [0.15, 0.2) is 0 Å². The Balaban J connectivity index is 2.50. The number of carbonyl (C=O) groups is 2. The fourth-order valence-corrected chi connectivity index (χ4v) is 4.74. The molecule has 1 unspecified atom stereocenters. The summed E-state index contributed by atoms with van der Waals surface area (Å²) in [5.74, 6) is -2.85. The third-order valence-corrected chi connectivity index (χ3v) is 7.60. The topological polar surface area (TPSA) is 96.7 Å². The van der Waals surface area contributed by atoms with Crippen LogP contribution in [0.1, 0.15) is 64.6 Å². The zero-order valence-electron chi connectivity index (χ0n) is 22.0. The first-order chi connectivity index (χ1) is 17.0. The molecule has 0 bridgehead atoms.